The van der Waals surface area contributed by atoms with Crippen molar-refractivity contribution < 1.29 is 0 Å². The summed E-state index contributed by atoms with van der Waals surface area (Å²) in [7, 11) is 1.96. The minimum Gasteiger partial charge on any atom is -0.353 e. The van der Waals surface area contributed by atoms with Crippen LogP contribution in [0.1, 0.15) is 44.9 Å². The van der Waals surface area contributed by atoms with Crippen LogP contribution in [0.15, 0.2) is 6.20 Å². The van der Waals surface area contributed by atoms with Crippen molar-refractivity contribution in [2.45, 2.75) is 45.1 Å². The molecule has 0 aliphatic carbocycles. The van der Waals surface area contributed by atoms with Gasteiger partial charge in [0.25, 0.3) is 0 Å². The summed E-state index contributed by atoms with van der Waals surface area (Å²) < 4.78 is 1.86. The van der Waals surface area contributed by atoms with Gasteiger partial charge in [0.2, 0.25) is 0 Å². The molecule has 2 fully saturated rings. The Morgan fingerprint density at radius 2 is 2.00 bits per heavy atom. The molecule has 0 amide bonds. The average molecular weight is 314 g/mol. The molecule has 2 aliphatic rings. The number of piperidine rings is 1. The Morgan fingerprint density at radius 3 is 2.83 bits per heavy atom. The van der Waals surface area contributed by atoms with E-state index in [2.05, 4.69) is 28.7 Å². The van der Waals surface area contributed by atoms with Crippen molar-refractivity contribution in [1.29, 1.82) is 0 Å². The highest BCUT2D eigenvalue weighted by atomic mass is 15.3. The zero-order chi connectivity index (χ0) is 16.0. The number of nitrogens with zero attached hydrogens (tertiary/aromatic N) is 6. The zero-order valence-corrected chi connectivity index (χ0v) is 14.4. The van der Waals surface area contributed by atoms with Gasteiger partial charge in [0.1, 0.15) is 11.6 Å². The van der Waals surface area contributed by atoms with Crippen molar-refractivity contribution in [1.82, 2.24) is 24.6 Å². The van der Waals surface area contributed by atoms with Crippen molar-refractivity contribution in [3.63, 3.8) is 0 Å². The van der Waals surface area contributed by atoms with Crippen LogP contribution in [0.4, 0.5) is 5.82 Å². The smallest absolute Gasteiger partial charge is 0.163 e. The second-order valence-electron chi connectivity index (χ2n) is 7.20. The third-order valence-electron chi connectivity index (χ3n) is 5.24. The SMILES string of the molecule is CC(C)c1nc(N2CCN3CCCCC3C2)c2cnn(C)c2n1. The molecule has 0 N–H and O–H groups in total. The highest BCUT2D eigenvalue weighted by molar-refractivity contribution is 5.87. The first-order chi connectivity index (χ1) is 11.1. The summed E-state index contributed by atoms with van der Waals surface area (Å²) >= 11 is 0. The monoisotopic (exact) mass is 314 g/mol. The number of rotatable bonds is 2. The van der Waals surface area contributed by atoms with Crippen LogP contribution in [0, 0.1) is 0 Å². The summed E-state index contributed by atoms with van der Waals surface area (Å²) in [4.78, 5) is 14.8. The van der Waals surface area contributed by atoms with Gasteiger partial charge < -0.3 is 4.90 Å². The molecule has 0 radical (unpaired) electrons. The van der Waals surface area contributed by atoms with Gasteiger partial charge in [-0.05, 0) is 19.4 Å². The highest BCUT2D eigenvalue weighted by Crippen LogP contribution is 2.29. The number of hydrogen-bond donors (Lipinski definition) is 0. The van der Waals surface area contributed by atoms with Gasteiger partial charge in [-0.3, -0.25) is 9.58 Å². The van der Waals surface area contributed by atoms with Crippen molar-refractivity contribution in [3.05, 3.63) is 12.0 Å². The molecule has 6 nitrogen and oxygen atoms in total. The minimum absolute atomic E-state index is 0.323. The fourth-order valence-corrected chi connectivity index (χ4v) is 3.87. The van der Waals surface area contributed by atoms with Crippen molar-refractivity contribution >= 4 is 16.9 Å². The fourth-order valence-electron chi connectivity index (χ4n) is 3.87. The first-order valence-electron chi connectivity index (χ1n) is 8.82. The number of anilines is 1. The molecule has 0 spiro atoms. The van der Waals surface area contributed by atoms with Crippen LogP contribution >= 0.6 is 0 Å². The van der Waals surface area contributed by atoms with Gasteiger partial charge in [0, 0.05) is 38.6 Å². The molecule has 6 heteroatoms. The average Bonchev–Trinajstić information content (AvgIpc) is 2.95. The fraction of sp³-hybridized carbons (Fsp3) is 0.706. The topological polar surface area (TPSA) is 50.1 Å². The molecular weight excluding hydrogens is 288 g/mol. The number of aryl methyl sites for hydroxylation is 1. The Bertz CT molecular complexity index is 706. The highest BCUT2D eigenvalue weighted by Gasteiger charge is 2.30. The van der Waals surface area contributed by atoms with Gasteiger partial charge >= 0.3 is 0 Å². The largest absolute Gasteiger partial charge is 0.353 e. The number of hydrogen-bond acceptors (Lipinski definition) is 5. The molecule has 2 saturated heterocycles. The second-order valence-corrected chi connectivity index (χ2v) is 7.20. The molecule has 124 valence electrons. The first kappa shape index (κ1) is 14.9. The van der Waals surface area contributed by atoms with E-state index in [4.69, 9.17) is 9.97 Å². The molecule has 2 aromatic rings. The van der Waals surface area contributed by atoms with E-state index in [-0.39, 0.29) is 0 Å². The van der Waals surface area contributed by atoms with Crippen LogP contribution in [-0.4, -0.2) is 56.9 Å². The van der Waals surface area contributed by atoms with Crippen LogP contribution in [0.5, 0.6) is 0 Å². The van der Waals surface area contributed by atoms with E-state index in [0.29, 0.717) is 12.0 Å². The van der Waals surface area contributed by atoms with Crippen LogP contribution in [-0.2, 0) is 7.05 Å². The van der Waals surface area contributed by atoms with Crippen molar-refractivity contribution in [2.24, 2.45) is 7.05 Å². The maximum absolute atomic E-state index is 4.92. The Morgan fingerprint density at radius 1 is 1.13 bits per heavy atom. The lowest BCUT2D eigenvalue weighted by molar-refractivity contribution is 0.133. The van der Waals surface area contributed by atoms with Crippen molar-refractivity contribution in [2.75, 3.05) is 31.1 Å². The first-order valence-corrected chi connectivity index (χ1v) is 8.82. The van der Waals surface area contributed by atoms with Gasteiger partial charge in [-0.2, -0.15) is 5.10 Å². The maximum Gasteiger partial charge on any atom is 0.163 e. The third-order valence-corrected chi connectivity index (χ3v) is 5.24. The summed E-state index contributed by atoms with van der Waals surface area (Å²) in [5.74, 6) is 2.32. The second kappa shape index (κ2) is 5.74. The molecule has 0 bridgehead atoms. The quantitative estimate of drug-likeness (QED) is 0.850. The molecule has 1 atom stereocenters. The van der Waals surface area contributed by atoms with Gasteiger partial charge in [-0.1, -0.05) is 20.3 Å². The number of piperazine rings is 1. The van der Waals surface area contributed by atoms with Gasteiger partial charge in [0.05, 0.1) is 11.6 Å². The Balaban J connectivity index is 1.72. The molecule has 2 aromatic heterocycles. The zero-order valence-electron chi connectivity index (χ0n) is 14.4. The molecule has 23 heavy (non-hydrogen) atoms. The van der Waals surface area contributed by atoms with E-state index < -0.39 is 0 Å². The molecule has 0 aromatic carbocycles. The molecule has 4 rings (SSSR count). The summed E-state index contributed by atoms with van der Waals surface area (Å²) in [6.07, 6.45) is 5.95. The van der Waals surface area contributed by atoms with Crippen LogP contribution in [0.2, 0.25) is 0 Å². The van der Waals surface area contributed by atoms with E-state index in [1.165, 1.54) is 25.8 Å². The van der Waals surface area contributed by atoms with E-state index in [1.54, 1.807) is 0 Å². The summed E-state index contributed by atoms with van der Waals surface area (Å²) in [6, 6.07) is 0.682. The predicted molar refractivity (Wildman–Crippen MR) is 91.8 cm³/mol. The molecule has 2 aliphatic heterocycles. The van der Waals surface area contributed by atoms with E-state index >= 15 is 0 Å². The Kier molecular flexibility index (Phi) is 3.71. The third kappa shape index (κ3) is 2.59. The maximum atomic E-state index is 4.92. The molecule has 1 unspecified atom stereocenters. The molecule has 0 saturated carbocycles. The minimum atomic E-state index is 0.323. The molecule has 4 heterocycles. The lowest BCUT2D eigenvalue weighted by Gasteiger charge is -2.44. The van der Waals surface area contributed by atoms with E-state index in [1.807, 2.05) is 17.9 Å². The normalized spacial score (nSPS) is 22.8. The van der Waals surface area contributed by atoms with Crippen LogP contribution in [0.3, 0.4) is 0 Å². The summed E-state index contributed by atoms with van der Waals surface area (Å²) in [5.41, 5.74) is 0.949. The Labute approximate surface area is 137 Å². The van der Waals surface area contributed by atoms with Crippen LogP contribution in [0.25, 0.3) is 11.0 Å². The van der Waals surface area contributed by atoms with Crippen molar-refractivity contribution in [3.8, 4) is 0 Å². The molecular formula is C17H26N6. The lowest BCUT2D eigenvalue weighted by Crippen LogP contribution is -2.55. The Hall–Kier alpha value is -1.69. The summed E-state index contributed by atoms with van der Waals surface area (Å²) in [5, 5.41) is 5.49. The van der Waals surface area contributed by atoms with Gasteiger partial charge in [-0.15, -0.1) is 0 Å². The standard InChI is InChI=1S/C17H26N6/c1-12(2)15-19-16-14(10-18-21(16)3)17(20-15)23-9-8-22-7-5-4-6-13(22)11-23/h10,12-13H,4-9,11H2,1-3H3. The number of aromatic nitrogens is 4. The lowest BCUT2D eigenvalue weighted by atomic mass is 9.99. The predicted octanol–water partition coefficient (Wildman–Crippen LogP) is 2.16. The summed E-state index contributed by atoms with van der Waals surface area (Å²) in [6.45, 7) is 8.85. The number of fused-ring (bicyclic) bond motifs is 2. The van der Waals surface area contributed by atoms with E-state index in [0.717, 1.165) is 42.3 Å². The van der Waals surface area contributed by atoms with E-state index in [9.17, 15) is 0 Å². The van der Waals surface area contributed by atoms with Gasteiger partial charge in [-0.25, -0.2) is 9.97 Å². The van der Waals surface area contributed by atoms with Crippen LogP contribution < -0.4 is 4.90 Å². The van der Waals surface area contributed by atoms with Gasteiger partial charge in [0.15, 0.2) is 5.65 Å².